The first kappa shape index (κ1) is 16.9. The first-order valence-electron chi connectivity index (χ1n) is 8.43. The predicted molar refractivity (Wildman–Crippen MR) is 102 cm³/mol. The number of benzene rings is 2. The van der Waals surface area contributed by atoms with E-state index in [-0.39, 0.29) is 12.4 Å². The van der Waals surface area contributed by atoms with E-state index >= 15 is 0 Å². The second kappa shape index (κ2) is 7.38. The Morgan fingerprint density at radius 3 is 2.52 bits per heavy atom. The van der Waals surface area contributed by atoms with Crippen LogP contribution < -0.4 is 10.6 Å². The molecule has 0 aliphatic carbocycles. The zero-order valence-electron chi connectivity index (χ0n) is 14.3. The summed E-state index contributed by atoms with van der Waals surface area (Å²) < 4.78 is 14.9. The van der Waals surface area contributed by atoms with Crippen LogP contribution in [0.4, 0.5) is 21.8 Å². The molecule has 0 saturated heterocycles. The molecule has 0 aliphatic rings. The Balaban J connectivity index is 1.81. The number of nitrogens with one attached hydrogen (secondary N) is 2. The topological polar surface area (TPSA) is 87.9 Å². The highest BCUT2D eigenvalue weighted by Crippen LogP contribution is 2.26. The van der Waals surface area contributed by atoms with Crippen molar-refractivity contribution in [1.29, 1.82) is 0 Å². The van der Waals surface area contributed by atoms with E-state index in [1.807, 2.05) is 30.3 Å². The lowest BCUT2D eigenvalue weighted by Gasteiger charge is -2.10. The van der Waals surface area contributed by atoms with Crippen LogP contribution in [0, 0.1) is 5.82 Å². The maximum Gasteiger partial charge on any atom is 0.226 e. The summed E-state index contributed by atoms with van der Waals surface area (Å²) in [6.45, 7) is 0.279. The number of anilines is 3. The monoisotopic (exact) mass is 364 g/mol. The van der Waals surface area contributed by atoms with Gasteiger partial charge in [0.25, 0.3) is 0 Å². The quantitative estimate of drug-likeness (QED) is 0.487. The van der Waals surface area contributed by atoms with Crippen LogP contribution in [-0.4, -0.2) is 38.0 Å². The fourth-order valence-electron chi connectivity index (χ4n) is 2.68. The van der Waals surface area contributed by atoms with Gasteiger partial charge in [-0.1, -0.05) is 18.2 Å². The van der Waals surface area contributed by atoms with Crippen LogP contribution in [0.15, 0.2) is 60.8 Å². The van der Waals surface area contributed by atoms with E-state index in [0.717, 1.165) is 11.1 Å². The van der Waals surface area contributed by atoms with Crippen molar-refractivity contribution in [3.05, 3.63) is 66.6 Å². The molecule has 0 radical (unpaired) electrons. The molecule has 2 aromatic carbocycles. The highest BCUT2D eigenvalue weighted by atomic mass is 19.1. The van der Waals surface area contributed by atoms with E-state index in [1.165, 1.54) is 12.1 Å². The first-order valence-corrected chi connectivity index (χ1v) is 8.43. The molecule has 0 fully saturated rings. The number of aliphatic hydroxyl groups is 1. The Morgan fingerprint density at radius 2 is 1.78 bits per heavy atom. The number of para-hydroxylation sites is 1. The Labute approximate surface area is 154 Å². The van der Waals surface area contributed by atoms with Gasteiger partial charge in [-0.15, -0.1) is 0 Å². The molecule has 0 saturated carbocycles. The van der Waals surface area contributed by atoms with Gasteiger partial charge in [0, 0.05) is 12.2 Å². The molecule has 0 aliphatic heterocycles. The maximum atomic E-state index is 13.2. The van der Waals surface area contributed by atoms with Crippen LogP contribution in [0.25, 0.3) is 16.7 Å². The summed E-state index contributed by atoms with van der Waals surface area (Å²) in [5, 5.41) is 20.4. The van der Waals surface area contributed by atoms with E-state index in [4.69, 9.17) is 5.11 Å². The molecule has 8 heteroatoms. The van der Waals surface area contributed by atoms with Gasteiger partial charge in [-0.25, -0.2) is 9.07 Å². The van der Waals surface area contributed by atoms with Crippen molar-refractivity contribution in [2.45, 2.75) is 0 Å². The van der Waals surface area contributed by atoms with Crippen LogP contribution in [0.1, 0.15) is 0 Å². The van der Waals surface area contributed by atoms with E-state index < -0.39 is 0 Å². The van der Waals surface area contributed by atoms with Gasteiger partial charge in [0.05, 0.1) is 23.9 Å². The SMILES string of the molecule is OCCNc1nc(Nc2ccc(F)cc2)c2cnn(-c3ccccc3)c2n1. The third-order valence-corrected chi connectivity index (χ3v) is 3.93. The van der Waals surface area contributed by atoms with Gasteiger partial charge < -0.3 is 15.7 Å². The van der Waals surface area contributed by atoms with E-state index in [1.54, 1.807) is 23.0 Å². The smallest absolute Gasteiger partial charge is 0.226 e. The third-order valence-electron chi connectivity index (χ3n) is 3.93. The van der Waals surface area contributed by atoms with Gasteiger partial charge >= 0.3 is 0 Å². The average Bonchev–Trinajstić information content (AvgIpc) is 3.13. The minimum absolute atomic E-state index is 0.0416. The van der Waals surface area contributed by atoms with Crippen molar-refractivity contribution in [2.24, 2.45) is 0 Å². The van der Waals surface area contributed by atoms with Crippen LogP contribution >= 0.6 is 0 Å². The maximum absolute atomic E-state index is 13.2. The van der Waals surface area contributed by atoms with Gasteiger partial charge in [-0.2, -0.15) is 15.1 Å². The van der Waals surface area contributed by atoms with Crippen molar-refractivity contribution in [1.82, 2.24) is 19.7 Å². The van der Waals surface area contributed by atoms with Gasteiger partial charge in [-0.05, 0) is 36.4 Å². The second-order valence-corrected chi connectivity index (χ2v) is 5.81. The number of hydrogen-bond acceptors (Lipinski definition) is 6. The van der Waals surface area contributed by atoms with E-state index in [0.29, 0.717) is 29.6 Å². The Kier molecular flexibility index (Phi) is 4.63. The molecular formula is C19H17FN6O. The summed E-state index contributed by atoms with van der Waals surface area (Å²) in [6, 6.07) is 15.7. The minimum atomic E-state index is -0.310. The zero-order valence-corrected chi connectivity index (χ0v) is 14.3. The molecule has 136 valence electrons. The van der Waals surface area contributed by atoms with Crippen LogP contribution in [0.5, 0.6) is 0 Å². The molecule has 7 nitrogen and oxygen atoms in total. The number of hydrogen-bond donors (Lipinski definition) is 3. The van der Waals surface area contributed by atoms with Gasteiger partial charge in [0.2, 0.25) is 5.95 Å². The molecule has 4 aromatic rings. The number of fused-ring (bicyclic) bond motifs is 1. The molecule has 0 atom stereocenters. The second-order valence-electron chi connectivity index (χ2n) is 5.81. The highest BCUT2D eigenvalue weighted by molar-refractivity contribution is 5.90. The number of aliphatic hydroxyl groups excluding tert-OH is 1. The molecule has 0 spiro atoms. The summed E-state index contributed by atoms with van der Waals surface area (Å²) in [5.41, 5.74) is 2.17. The Bertz CT molecular complexity index is 1050. The van der Waals surface area contributed by atoms with Crippen LogP contribution in [0.2, 0.25) is 0 Å². The highest BCUT2D eigenvalue weighted by Gasteiger charge is 2.14. The van der Waals surface area contributed by atoms with Crippen molar-refractivity contribution < 1.29 is 9.50 Å². The lowest BCUT2D eigenvalue weighted by molar-refractivity contribution is 0.311. The molecule has 0 amide bonds. The summed E-state index contributed by atoms with van der Waals surface area (Å²) >= 11 is 0. The van der Waals surface area contributed by atoms with Crippen LogP contribution in [0.3, 0.4) is 0 Å². The summed E-state index contributed by atoms with van der Waals surface area (Å²) in [5.74, 6) is 0.587. The normalized spacial score (nSPS) is 10.9. The summed E-state index contributed by atoms with van der Waals surface area (Å²) in [4.78, 5) is 9.00. The molecule has 4 rings (SSSR count). The number of halogens is 1. The van der Waals surface area contributed by atoms with Crippen LogP contribution in [-0.2, 0) is 0 Å². The van der Waals surface area contributed by atoms with Gasteiger partial charge in [0.1, 0.15) is 11.6 Å². The molecular weight excluding hydrogens is 347 g/mol. The Hall–Kier alpha value is -3.52. The summed E-state index contributed by atoms with van der Waals surface area (Å²) in [7, 11) is 0. The van der Waals surface area contributed by atoms with E-state index in [9.17, 15) is 4.39 Å². The molecule has 3 N–H and O–H groups in total. The molecule has 2 aromatic heterocycles. The third kappa shape index (κ3) is 3.56. The minimum Gasteiger partial charge on any atom is -0.395 e. The molecule has 2 heterocycles. The lowest BCUT2D eigenvalue weighted by Crippen LogP contribution is -2.10. The average molecular weight is 364 g/mol. The standard InChI is InChI=1S/C19H17FN6O/c20-13-6-8-14(9-7-13)23-17-16-12-22-26(15-4-2-1-3-5-15)18(16)25-19(24-17)21-10-11-27/h1-9,12,27H,10-11H2,(H2,21,23,24,25). The predicted octanol–water partition coefficient (Wildman–Crippen LogP) is 3.10. The molecule has 0 bridgehead atoms. The Morgan fingerprint density at radius 1 is 1.00 bits per heavy atom. The first-order chi connectivity index (χ1) is 13.2. The van der Waals surface area contributed by atoms with Crippen molar-refractivity contribution >= 4 is 28.5 Å². The zero-order chi connectivity index (χ0) is 18.6. The van der Waals surface area contributed by atoms with Gasteiger partial charge in [-0.3, -0.25) is 0 Å². The fourth-order valence-corrected chi connectivity index (χ4v) is 2.68. The lowest BCUT2D eigenvalue weighted by atomic mass is 10.3. The number of aromatic nitrogens is 4. The summed E-state index contributed by atoms with van der Waals surface area (Å²) in [6.07, 6.45) is 1.68. The largest absolute Gasteiger partial charge is 0.395 e. The van der Waals surface area contributed by atoms with Crippen molar-refractivity contribution in [3.8, 4) is 5.69 Å². The van der Waals surface area contributed by atoms with Crippen molar-refractivity contribution in [2.75, 3.05) is 23.8 Å². The van der Waals surface area contributed by atoms with E-state index in [2.05, 4.69) is 25.7 Å². The number of rotatable bonds is 6. The number of nitrogens with zero attached hydrogens (tertiary/aromatic N) is 4. The van der Waals surface area contributed by atoms with Crippen molar-refractivity contribution in [3.63, 3.8) is 0 Å². The molecule has 27 heavy (non-hydrogen) atoms. The van der Waals surface area contributed by atoms with Gasteiger partial charge in [0.15, 0.2) is 5.65 Å². The molecule has 0 unspecified atom stereocenters. The fraction of sp³-hybridized carbons (Fsp3) is 0.105.